The van der Waals surface area contributed by atoms with Gasteiger partial charge >= 0.3 is 0 Å². The molecule has 2 heterocycles. The van der Waals surface area contributed by atoms with E-state index < -0.39 is 35.3 Å². The minimum absolute atomic E-state index is 0.179. The second kappa shape index (κ2) is 16.7. The van der Waals surface area contributed by atoms with Crippen molar-refractivity contribution in [2.75, 3.05) is 44.1 Å². The molecule has 3 unspecified atom stereocenters. The summed E-state index contributed by atoms with van der Waals surface area (Å²) in [5, 5.41) is 9.72. The number of hydrogen-bond donors (Lipinski definition) is 3. The van der Waals surface area contributed by atoms with Crippen LogP contribution < -0.4 is 25.6 Å². The summed E-state index contributed by atoms with van der Waals surface area (Å²) < 4.78 is 26.7. The third kappa shape index (κ3) is 8.60. The van der Waals surface area contributed by atoms with Crippen LogP contribution in [0.15, 0.2) is 67.0 Å². The molecule has 276 valence electrons. The van der Waals surface area contributed by atoms with Crippen molar-refractivity contribution in [3.8, 4) is 5.75 Å². The molecule has 0 aliphatic carbocycles. The summed E-state index contributed by atoms with van der Waals surface area (Å²) in [6.45, 7) is 8.14. The molecule has 5 rings (SSSR count). The molecule has 1 fully saturated rings. The van der Waals surface area contributed by atoms with Crippen molar-refractivity contribution in [2.45, 2.75) is 58.7 Å². The van der Waals surface area contributed by atoms with Crippen LogP contribution >= 0.6 is 11.6 Å². The van der Waals surface area contributed by atoms with Gasteiger partial charge in [-0.2, -0.15) is 0 Å². The van der Waals surface area contributed by atoms with Gasteiger partial charge in [-0.05, 0) is 68.6 Å². The predicted molar refractivity (Wildman–Crippen MR) is 200 cm³/mol. The van der Waals surface area contributed by atoms with Crippen molar-refractivity contribution in [3.05, 3.63) is 77.8 Å². The van der Waals surface area contributed by atoms with Crippen LogP contribution in [0.25, 0.3) is 10.9 Å². The first-order valence-electron chi connectivity index (χ1n) is 17.1. The molecule has 4 aromatic rings. The maximum atomic E-state index is 15.5. The Labute approximate surface area is 308 Å². The van der Waals surface area contributed by atoms with E-state index in [0.29, 0.717) is 58.3 Å². The number of carbonyl (C=O) groups is 3. The lowest BCUT2D eigenvalue weighted by molar-refractivity contribution is -0.143. The summed E-state index contributed by atoms with van der Waals surface area (Å²) in [6, 6.07) is 14.4. The van der Waals surface area contributed by atoms with E-state index in [1.165, 1.54) is 17.3 Å². The Bertz CT molecular complexity index is 1920. The summed E-state index contributed by atoms with van der Waals surface area (Å²) in [5.74, 6) is -0.921. The third-order valence-electron chi connectivity index (χ3n) is 8.95. The van der Waals surface area contributed by atoms with Crippen molar-refractivity contribution >= 4 is 63.1 Å². The van der Waals surface area contributed by atoms with Crippen LogP contribution in [0.5, 0.6) is 5.75 Å². The van der Waals surface area contributed by atoms with Gasteiger partial charge in [0.15, 0.2) is 0 Å². The average Bonchev–Trinajstić information content (AvgIpc) is 3.61. The monoisotopic (exact) mass is 733 g/mol. The maximum Gasteiger partial charge on any atom is 0.247 e. The fourth-order valence-corrected chi connectivity index (χ4v) is 6.24. The normalized spacial score (nSPS) is 15.6. The number of likely N-dealkylation sites (tertiary alicyclic amines) is 1. The molecule has 0 bridgehead atoms. The highest BCUT2D eigenvalue weighted by molar-refractivity contribution is 6.30. The molecule has 0 spiro atoms. The molecule has 1 saturated heterocycles. The zero-order valence-corrected chi connectivity index (χ0v) is 31.0. The summed E-state index contributed by atoms with van der Waals surface area (Å²) in [6.07, 6.45) is 2.40. The number of benzene rings is 3. The van der Waals surface area contributed by atoms with Crippen molar-refractivity contribution in [1.29, 1.82) is 0 Å². The maximum absolute atomic E-state index is 15.5. The smallest absolute Gasteiger partial charge is 0.247 e. The number of amides is 3. The molecule has 3 aromatic carbocycles. The van der Waals surface area contributed by atoms with Gasteiger partial charge in [0.1, 0.15) is 42.4 Å². The minimum Gasteiger partial charge on any atom is -0.489 e. The number of carbonyl (C=O) groups excluding carboxylic acids is 3. The topological polar surface area (TPSA) is 138 Å². The number of rotatable bonds is 13. The Balaban J connectivity index is 1.55. The van der Waals surface area contributed by atoms with Crippen LogP contribution in [0, 0.1) is 11.2 Å². The molecule has 1 aliphatic rings. The van der Waals surface area contributed by atoms with Crippen LogP contribution in [0.1, 0.15) is 40.5 Å². The standard InChI is InChI=1S/C38H45ClFN7O5/c1-23(41-5)35(48)45-33(38(2,3)4)37(50)46-16-10-15-31(46)36(49)44-29-20-26-28(21-32(29)52-18-17-51-6)42-22-43-34(26)47(25-12-9-11-24(39)19-25)30-14-8-7-13-27(30)40/h7-9,11-14,19-23,31,33,41H,10,15-18H2,1-6H3,(H,44,49)(H,45,48). The molecule has 0 radical (unpaired) electrons. The zero-order chi connectivity index (χ0) is 37.6. The van der Waals surface area contributed by atoms with Crippen LogP contribution in [-0.2, 0) is 19.1 Å². The second-order valence-corrected chi connectivity index (χ2v) is 14.1. The number of fused-ring (bicyclic) bond motifs is 1. The number of nitrogens with one attached hydrogen (secondary N) is 3. The molecule has 3 atom stereocenters. The second-order valence-electron chi connectivity index (χ2n) is 13.7. The number of anilines is 4. The Morgan fingerprint density at radius 3 is 2.54 bits per heavy atom. The Morgan fingerprint density at radius 1 is 1.08 bits per heavy atom. The molecule has 3 N–H and O–H groups in total. The first-order valence-corrected chi connectivity index (χ1v) is 17.5. The van der Waals surface area contributed by atoms with Gasteiger partial charge in [0.25, 0.3) is 0 Å². The number of ether oxygens (including phenoxy) is 2. The highest BCUT2D eigenvalue weighted by Crippen LogP contribution is 2.41. The average molecular weight is 734 g/mol. The highest BCUT2D eigenvalue weighted by atomic mass is 35.5. The van der Waals surface area contributed by atoms with E-state index in [4.69, 9.17) is 21.1 Å². The molecular weight excluding hydrogens is 689 g/mol. The summed E-state index contributed by atoms with van der Waals surface area (Å²) in [5.41, 5.74) is 0.908. The molecule has 12 nitrogen and oxygen atoms in total. The number of hydrogen-bond acceptors (Lipinski definition) is 9. The number of para-hydroxylation sites is 1. The molecule has 14 heteroatoms. The van der Waals surface area contributed by atoms with Crippen LogP contribution in [0.3, 0.4) is 0 Å². The van der Waals surface area contributed by atoms with E-state index in [9.17, 15) is 14.4 Å². The summed E-state index contributed by atoms with van der Waals surface area (Å²) in [4.78, 5) is 53.3. The Hall–Kier alpha value is -4.85. The molecule has 52 heavy (non-hydrogen) atoms. The largest absolute Gasteiger partial charge is 0.489 e. The number of methoxy groups -OCH3 is 1. The van der Waals surface area contributed by atoms with E-state index in [1.54, 1.807) is 80.6 Å². The third-order valence-corrected chi connectivity index (χ3v) is 9.19. The molecular formula is C38H45ClFN7O5. The van der Waals surface area contributed by atoms with Gasteiger partial charge in [-0.25, -0.2) is 14.4 Å². The van der Waals surface area contributed by atoms with Gasteiger partial charge < -0.3 is 30.3 Å². The quantitative estimate of drug-likeness (QED) is 0.142. The van der Waals surface area contributed by atoms with E-state index in [0.717, 1.165) is 0 Å². The minimum atomic E-state index is -0.867. The van der Waals surface area contributed by atoms with E-state index in [-0.39, 0.29) is 30.7 Å². The number of likely N-dealkylation sites (N-methyl/N-ethyl adjacent to an activating group) is 1. The Morgan fingerprint density at radius 2 is 1.85 bits per heavy atom. The lowest BCUT2D eigenvalue weighted by Gasteiger charge is -2.36. The first-order chi connectivity index (χ1) is 24.8. The number of nitrogens with zero attached hydrogens (tertiary/aromatic N) is 4. The first kappa shape index (κ1) is 38.4. The number of aromatic nitrogens is 2. The zero-order valence-electron chi connectivity index (χ0n) is 30.2. The van der Waals surface area contributed by atoms with Gasteiger partial charge in [0.2, 0.25) is 17.7 Å². The van der Waals surface area contributed by atoms with Crippen LogP contribution in [0.4, 0.5) is 27.3 Å². The fourth-order valence-electron chi connectivity index (χ4n) is 6.06. The van der Waals surface area contributed by atoms with Crippen molar-refractivity contribution in [2.24, 2.45) is 5.41 Å². The van der Waals surface area contributed by atoms with Gasteiger partial charge in [-0.3, -0.25) is 19.3 Å². The van der Waals surface area contributed by atoms with Crippen molar-refractivity contribution in [1.82, 2.24) is 25.5 Å². The number of halogens is 2. The van der Waals surface area contributed by atoms with E-state index in [1.807, 2.05) is 20.8 Å². The van der Waals surface area contributed by atoms with Crippen molar-refractivity contribution in [3.63, 3.8) is 0 Å². The summed E-state index contributed by atoms with van der Waals surface area (Å²) >= 11 is 6.39. The molecule has 1 aromatic heterocycles. The Kier molecular flexibility index (Phi) is 12.3. The molecule has 3 amide bonds. The van der Waals surface area contributed by atoms with E-state index in [2.05, 4.69) is 25.9 Å². The highest BCUT2D eigenvalue weighted by Gasteiger charge is 2.42. The van der Waals surface area contributed by atoms with Crippen molar-refractivity contribution < 1.29 is 28.2 Å². The van der Waals surface area contributed by atoms with Crippen LogP contribution in [-0.4, -0.2) is 84.6 Å². The van der Waals surface area contributed by atoms with Gasteiger partial charge in [-0.1, -0.05) is 50.6 Å². The van der Waals surface area contributed by atoms with E-state index >= 15 is 4.39 Å². The molecule has 0 saturated carbocycles. The fraction of sp³-hybridized carbons (Fsp3) is 0.395. The van der Waals surface area contributed by atoms with Gasteiger partial charge in [0.05, 0.1) is 29.5 Å². The lowest BCUT2D eigenvalue weighted by Crippen LogP contribution is -2.59. The molecule has 1 aliphatic heterocycles. The summed E-state index contributed by atoms with van der Waals surface area (Å²) in [7, 11) is 3.22. The lowest BCUT2D eigenvalue weighted by atomic mass is 9.85. The van der Waals surface area contributed by atoms with Crippen LogP contribution in [0.2, 0.25) is 5.02 Å². The van der Waals surface area contributed by atoms with Gasteiger partial charge in [0, 0.05) is 35.8 Å². The van der Waals surface area contributed by atoms with Gasteiger partial charge in [-0.15, -0.1) is 0 Å². The predicted octanol–water partition coefficient (Wildman–Crippen LogP) is 5.99. The SMILES string of the molecule is CNC(C)C(=O)NC(C(=O)N1CCCC1C(=O)Nc1cc2c(N(c3cccc(Cl)c3)c3ccccc3F)ncnc2cc1OCCOC)C(C)(C)C.